The van der Waals surface area contributed by atoms with E-state index in [1.54, 1.807) is 24.3 Å². The number of amides is 1. The molecule has 0 aliphatic heterocycles. The zero-order valence-corrected chi connectivity index (χ0v) is 21.9. The lowest BCUT2D eigenvalue weighted by molar-refractivity contribution is -0.118. The summed E-state index contributed by atoms with van der Waals surface area (Å²) in [5.74, 6) is 2.19. The quantitative estimate of drug-likeness (QED) is 0.487. The lowest BCUT2D eigenvalue weighted by Gasteiger charge is -2.57. The van der Waals surface area contributed by atoms with Crippen molar-refractivity contribution in [3.63, 3.8) is 0 Å². The first-order chi connectivity index (χ1) is 16.7. The van der Waals surface area contributed by atoms with Crippen LogP contribution in [0.5, 0.6) is 0 Å². The van der Waals surface area contributed by atoms with Crippen LogP contribution in [0.2, 0.25) is 0 Å². The van der Waals surface area contributed by atoms with Crippen LogP contribution in [-0.4, -0.2) is 20.4 Å². The molecule has 4 saturated carbocycles. The van der Waals surface area contributed by atoms with Crippen LogP contribution in [0.25, 0.3) is 0 Å². The summed E-state index contributed by atoms with van der Waals surface area (Å²) in [5, 5.41) is 2.98. The maximum absolute atomic E-state index is 13.2. The molecule has 0 heterocycles. The molecule has 4 aliphatic rings. The largest absolute Gasteiger partial charge is 0.325 e. The Kier molecular flexibility index (Phi) is 6.56. The summed E-state index contributed by atoms with van der Waals surface area (Å²) in [6, 6.07) is 14.2. The van der Waals surface area contributed by atoms with Gasteiger partial charge in [0.1, 0.15) is 6.04 Å². The highest BCUT2D eigenvalue weighted by Gasteiger charge is 2.51. The Morgan fingerprint density at radius 1 is 0.943 bits per heavy atom. The number of sulfonamides is 1. The van der Waals surface area contributed by atoms with Crippen molar-refractivity contribution in [2.75, 3.05) is 5.32 Å². The van der Waals surface area contributed by atoms with Crippen LogP contribution in [0, 0.1) is 30.6 Å². The summed E-state index contributed by atoms with van der Waals surface area (Å²) in [4.78, 5) is 13.4. The Labute approximate surface area is 210 Å². The summed E-state index contributed by atoms with van der Waals surface area (Å²) < 4.78 is 28.6. The van der Waals surface area contributed by atoms with Gasteiger partial charge in [-0.25, -0.2) is 8.42 Å². The van der Waals surface area contributed by atoms with E-state index >= 15 is 0 Å². The molecule has 0 unspecified atom stereocenters. The zero-order valence-electron chi connectivity index (χ0n) is 21.1. The molecule has 4 bridgehead atoms. The van der Waals surface area contributed by atoms with E-state index in [4.69, 9.17) is 0 Å². The Bertz CT molecular complexity index is 1140. The molecular weight excluding hydrogens is 456 g/mol. The van der Waals surface area contributed by atoms with Gasteiger partial charge in [0.25, 0.3) is 0 Å². The highest BCUT2D eigenvalue weighted by Crippen LogP contribution is 2.60. The molecule has 2 N–H and O–H groups in total. The van der Waals surface area contributed by atoms with E-state index in [1.807, 2.05) is 32.9 Å². The van der Waals surface area contributed by atoms with Gasteiger partial charge in [-0.1, -0.05) is 50.1 Å². The third-order valence-corrected chi connectivity index (χ3v) is 10.4. The van der Waals surface area contributed by atoms with Crippen molar-refractivity contribution in [1.29, 1.82) is 0 Å². The van der Waals surface area contributed by atoms with Crippen molar-refractivity contribution in [3.8, 4) is 0 Å². The van der Waals surface area contributed by atoms with Crippen molar-refractivity contribution < 1.29 is 13.2 Å². The minimum Gasteiger partial charge on any atom is -0.325 e. The van der Waals surface area contributed by atoms with Gasteiger partial charge in [0.2, 0.25) is 15.9 Å². The zero-order chi connectivity index (χ0) is 24.8. The first-order valence-corrected chi connectivity index (χ1v) is 14.7. The molecule has 2 aromatic carbocycles. The molecule has 2 atom stereocenters. The second-order valence-electron chi connectivity index (χ2n) is 11.6. The summed E-state index contributed by atoms with van der Waals surface area (Å²) in [7, 11) is -3.81. The topological polar surface area (TPSA) is 75.3 Å². The maximum Gasteiger partial charge on any atom is 0.242 e. The number of carbonyl (C=O) groups is 1. The Balaban J connectivity index is 1.30. The van der Waals surface area contributed by atoms with Crippen molar-refractivity contribution in [2.45, 2.75) is 82.1 Å². The molecule has 0 spiro atoms. The van der Waals surface area contributed by atoms with Crippen LogP contribution in [-0.2, 0) is 20.2 Å². The van der Waals surface area contributed by atoms with Gasteiger partial charge < -0.3 is 5.32 Å². The van der Waals surface area contributed by atoms with Gasteiger partial charge in [0.15, 0.2) is 0 Å². The molecule has 1 amide bonds. The first kappa shape index (κ1) is 24.5. The van der Waals surface area contributed by atoms with E-state index in [2.05, 4.69) is 22.2 Å². The number of anilines is 1. The number of hydrogen-bond acceptors (Lipinski definition) is 3. The molecule has 4 fully saturated rings. The molecule has 6 rings (SSSR count). The molecule has 188 valence electrons. The molecule has 0 radical (unpaired) electrons. The standard InChI is InChI=1S/C29H38N2O3S/c1-4-20(3)27(31-35(33,34)26-11-5-19(2)6-12-26)28(32)30-25-9-7-24(8-10-25)29-16-21-13-22(17-29)15-23(14-21)18-29/h5-12,20-23,27,31H,4,13-18H2,1-3H3,(H,30,32)/t20-,21?,22?,23?,27+,29?/m0/s1. The summed E-state index contributed by atoms with van der Waals surface area (Å²) in [6.07, 6.45) is 8.86. The smallest absolute Gasteiger partial charge is 0.242 e. The summed E-state index contributed by atoms with van der Waals surface area (Å²) in [6.45, 7) is 5.77. The van der Waals surface area contributed by atoms with E-state index in [0.717, 1.165) is 23.3 Å². The van der Waals surface area contributed by atoms with E-state index < -0.39 is 16.1 Å². The molecule has 35 heavy (non-hydrogen) atoms. The Hall–Kier alpha value is -2.18. The monoisotopic (exact) mass is 494 g/mol. The average molecular weight is 495 g/mol. The van der Waals surface area contributed by atoms with Crippen LogP contribution >= 0.6 is 0 Å². The number of rotatable bonds is 8. The fourth-order valence-electron chi connectivity index (χ4n) is 7.21. The lowest BCUT2D eigenvalue weighted by Crippen LogP contribution is -2.48. The molecule has 0 saturated heterocycles. The van der Waals surface area contributed by atoms with Gasteiger partial charge in [-0.3, -0.25) is 4.79 Å². The SMILES string of the molecule is CC[C@H](C)[C@@H](NS(=O)(=O)c1ccc(C)cc1)C(=O)Nc1ccc(C23CC4CC(CC(C4)C2)C3)cc1. The van der Waals surface area contributed by atoms with Gasteiger partial charge in [0.05, 0.1) is 4.90 Å². The number of aryl methyl sites for hydroxylation is 1. The average Bonchev–Trinajstić information content (AvgIpc) is 2.82. The molecular formula is C29H38N2O3S. The molecule has 4 aliphatic carbocycles. The number of hydrogen-bond donors (Lipinski definition) is 2. The van der Waals surface area contributed by atoms with E-state index in [9.17, 15) is 13.2 Å². The van der Waals surface area contributed by atoms with E-state index in [1.165, 1.54) is 44.1 Å². The lowest BCUT2D eigenvalue weighted by atomic mass is 9.48. The third-order valence-electron chi connectivity index (χ3n) is 8.91. The van der Waals surface area contributed by atoms with Crippen LogP contribution < -0.4 is 10.0 Å². The summed E-state index contributed by atoms with van der Waals surface area (Å²) in [5.41, 5.74) is 3.43. The molecule has 6 heteroatoms. The van der Waals surface area contributed by atoms with Gasteiger partial charge in [-0.05, 0) is 104 Å². The normalized spacial score (nSPS) is 29.1. The molecule has 0 aromatic heterocycles. The fourth-order valence-corrected chi connectivity index (χ4v) is 8.51. The fraction of sp³-hybridized carbons (Fsp3) is 0.552. The van der Waals surface area contributed by atoms with E-state index in [0.29, 0.717) is 17.5 Å². The van der Waals surface area contributed by atoms with Crippen molar-refractivity contribution in [3.05, 3.63) is 59.7 Å². The second kappa shape index (κ2) is 9.36. The minimum atomic E-state index is -3.81. The minimum absolute atomic E-state index is 0.151. The number of nitrogens with one attached hydrogen (secondary N) is 2. The molecule has 2 aromatic rings. The van der Waals surface area contributed by atoms with Gasteiger partial charge in [0, 0.05) is 5.69 Å². The highest BCUT2D eigenvalue weighted by atomic mass is 32.2. The molecule has 5 nitrogen and oxygen atoms in total. The predicted molar refractivity (Wildman–Crippen MR) is 140 cm³/mol. The highest BCUT2D eigenvalue weighted by molar-refractivity contribution is 7.89. The van der Waals surface area contributed by atoms with Gasteiger partial charge >= 0.3 is 0 Å². The van der Waals surface area contributed by atoms with Crippen molar-refractivity contribution in [1.82, 2.24) is 4.72 Å². The van der Waals surface area contributed by atoms with Gasteiger partial charge in [-0.2, -0.15) is 4.72 Å². The van der Waals surface area contributed by atoms with Crippen LogP contribution in [0.15, 0.2) is 53.4 Å². The maximum atomic E-state index is 13.2. The van der Waals surface area contributed by atoms with Crippen LogP contribution in [0.1, 0.15) is 69.9 Å². The number of benzene rings is 2. The predicted octanol–water partition coefficient (Wildman–Crippen LogP) is 5.79. The van der Waals surface area contributed by atoms with Crippen molar-refractivity contribution in [2.24, 2.45) is 23.7 Å². The van der Waals surface area contributed by atoms with Crippen LogP contribution in [0.4, 0.5) is 5.69 Å². The van der Waals surface area contributed by atoms with Crippen molar-refractivity contribution >= 4 is 21.6 Å². The van der Waals surface area contributed by atoms with E-state index in [-0.39, 0.29) is 16.7 Å². The Morgan fingerprint density at radius 2 is 1.49 bits per heavy atom. The van der Waals surface area contributed by atoms with Crippen LogP contribution in [0.3, 0.4) is 0 Å². The third kappa shape index (κ3) is 4.92. The Morgan fingerprint density at radius 3 is 2.00 bits per heavy atom. The first-order valence-electron chi connectivity index (χ1n) is 13.2. The second-order valence-corrected chi connectivity index (χ2v) is 13.3. The van der Waals surface area contributed by atoms with Gasteiger partial charge in [-0.15, -0.1) is 0 Å². The number of carbonyl (C=O) groups excluding carboxylic acids is 1. The summed E-state index contributed by atoms with van der Waals surface area (Å²) >= 11 is 0.